The number of urea groups is 1. The van der Waals surface area contributed by atoms with Crippen molar-refractivity contribution in [2.75, 3.05) is 18.4 Å². The average Bonchev–Trinajstić information content (AvgIpc) is 3.23. The maximum atomic E-state index is 12.4. The number of piperidine rings is 1. The quantitative estimate of drug-likeness (QED) is 0.805. The van der Waals surface area contributed by atoms with Crippen LogP contribution >= 0.6 is 0 Å². The normalized spacial score (nSPS) is 17.4. The standard InChI is InChI=1S/C23H27N3O2/c27-23(25-20-6-4-12-24-17-20)26-13-10-18(11-14-26)15-19-5-3-9-22(16-19)28-21-7-1-2-8-21/h3-6,9,12,15-17,21H,1-2,7-8,10-11,13-14H2,(H,25,27). The number of amides is 2. The Morgan fingerprint density at radius 3 is 2.71 bits per heavy atom. The molecule has 1 aliphatic heterocycles. The number of hydrogen-bond donors (Lipinski definition) is 1. The lowest BCUT2D eigenvalue weighted by molar-refractivity contribution is 0.208. The number of ether oxygens (including phenoxy) is 1. The predicted molar refractivity (Wildman–Crippen MR) is 111 cm³/mol. The van der Waals surface area contributed by atoms with Gasteiger partial charge in [-0.2, -0.15) is 0 Å². The molecule has 1 aromatic heterocycles. The number of anilines is 1. The van der Waals surface area contributed by atoms with E-state index < -0.39 is 0 Å². The van der Waals surface area contributed by atoms with Crippen molar-refractivity contribution in [3.05, 3.63) is 59.9 Å². The molecule has 28 heavy (non-hydrogen) atoms. The lowest BCUT2D eigenvalue weighted by Crippen LogP contribution is -2.39. The summed E-state index contributed by atoms with van der Waals surface area (Å²) in [6, 6.07) is 12.0. The van der Waals surface area contributed by atoms with Gasteiger partial charge < -0.3 is 15.0 Å². The molecule has 5 nitrogen and oxygen atoms in total. The minimum Gasteiger partial charge on any atom is -0.490 e. The van der Waals surface area contributed by atoms with Gasteiger partial charge in [0.25, 0.3) is 0 Å². The molecule has 5 heteroatoms. The van der Waals surface area contributed by atoms with Crippen LogP contribution in [-0.4, -0.2) is 35.1 Å². The smallest absolute Gasteiger partial charge is 0.321 e. The predicted octanol–water partition coefficient (Wildman–Crippen LogP) is 5.11. The Hall–Kier alpha value is -2.82. The van der Waals surface area contributed by atoms with Crippen molar-refractivity contribution in [1.82, 2.24) is 9.88 Å². The highest BCUT2D eigenvalue weighted by Crippen LogP contribution is 2.26. The molecule has 2 fully saturated rings. The molecular formula is C23H27N3O2. The summed E-state index contributed by atoms with van der Waals surface area (Å²) < 4.78 is 6.11. The molecule has 1 saturated carbocycles. The summed E-state index contributed by atoms with van der Waals surface area (Å²) in [5.41, 5.74) is 3.29. The van der Waals surface area contributed by atoms with Crippen molar-refractivity contribution in [1.29, 1.82) is 0 Å². The maximum absolute atomic E-state index is 12.4. The number of aromatic nitrogens is 1. The van der Waals surface area contributed by atoms with E-state index in [1.807, 2.05) is 23.1 Å². The third-order valence-corrected chi connectivity index (χ3v) is 5.44. The van der Waals surface area contributed by atoms with Crippen molar-refractivity contribution in [3.63, 3.8) is 0 Å². The molecule has 1 aliphatic carbocycles. The van der Waals surface area contributed by atoms with E-state index in [0.29, 0.717) is 6.10 Å². The average molecular weight is 377 g/mol. The highest BCUT2D eigenvalue weighted by Gasteiger charge is 2.19. The Kier molecular flexibility index (Phi) is 5.90. The molecule has 2 amide bonds. The van der Waals surface area contributed by atoms with Gasteiger partial charge in [0.05, 0.1) is 18.0 Å². The molecule has 0 atom stereocenters. The van der Waals surface area contributed by atoms with E-state index in [2.05, 4.69) is 34.6 Å². The Morgan fingerprint density at radius 2 is 1.96 bits per heavy atom. The molecular weight excluding hydrogens is 350 g/mol. The number of rotatable bonds is 4. The van der Waals surface area contributed by atoms with Crippen LogP contribution in [0.15, 0.2) is 54.4 Å². The molecule has 0 spiro atoms. The molecule has 146 valence electrons. The zero-order valence-electron chi connectivity index (χ0n) is 16.1. The van der Waals surface area contributed by atoms with Gasteiger partial charge in [0.2, 0.25) is 0 Å². The maximum Gasteiger partial charge on any atom is 0.321 e. The summed E-state index contributed by atoms with van der Waals surface area (Å²) in [6.45, 7) is 1.46. The molecule has 0 bridgehead atoms. The zero-order chi connectivity index (χ0) is 19.2. The second-order valence-electron chi connectivity index (χ2n) is 7.56. The van der Waals surface area contributed by atoms with Crippen LogP contribution < -0.4 is 10.1 Å². The van der Waals surface area contributed by atoms with Gasteiger partial charge in [0.15, 0.2) is 0 Å². The van der Waals surface area contributed by atoms with E-state index in [9.17, 15) is 4.79 Å². The number of nitrogens with zero attached hydrogens (tertiary/aromatic N) is 2. The third-order valence-electron chi connectivity index (χ3n) is 5.44. The fourth-order valence-corrected chi connectivity index (χ4v) is 3.89. The van der Waals surface area contributed by atoms with E-state index in [4.69, 9.17) is 4.74 Å². The molecule has 1 aromatic carbocycles. The number of likely N-dealkylation sites (tertiary alicyclic amines) is 1. The summed E-state index contributed by atoms with van der Waals surface area (Å²) in [5.74, 6) is 0.967. The Bertz CT molecular complexity index is 819. The summed E-state index contributed by atoms with van der Waals surface area (Å²) in [5, 5.41) is 2.91. The van der Waals surface area contributed by atoms with Gasteiger partial charge >= 0.3 is 6.03 Å². The van der Waals surface area contributed by atoms with Crippen molar-refractivity contribution in [3.8, 4) is 5.75 Å². The first-order valence-electron chi connectivity index (χ1n) is 10.2. The van der Waals surface area contributed by atoms with Crippen LogP contribution in [0.5, 0.6) is 5.75 Å². The van der Waals surface area contributed by atoms with Gasteiger partial charge in [0, 0.05) is 19.3 Å². The van der Waals surface area contributed by atoms with Crippen LogP contribution in [0.25, 0.3) is 6.08 Å². The fourth-order valence-electron chi connectivity index (χ4n) is 3.89. The van der Waals surface area contributed by atoms with Crippen LogP contribution in [0.1, 0.15) is 44.1 Å². The Morgan fingerprint density at radius 1 is 1.14 bits per heavy atom. The summed E-state index contributed by atoms with van der Waals surface area (Å²) in [6.07, 6.45) is 12.7. The third kappa shape index (κ3) is 4.91. The van der Waals surface area contributed by atoms with Crippen molar-refractivity contribution in [2.45, 2.75) is 44.6 Å². The molecule has 2 aromatic rings. The SMILES string of the molecule is O=C(Nc1cccnc1)N1CCC(=Cc2cccc(OC3CCCC3)c2)CC1. The highest BCUT2D eigenvalue weighted by atomic mass is 16.5. The van der Waals surface area contributed by atoms with Crippen LogP contribution in [0.2, 0.25) is 0 Å². The summed E-state index contributed by atoms with van der Waals surface area (Å²) >= 11 is 0. The minimum absolute atomic E-state index is 0.0565. The highest BCUT2D eigenvalue weighted by molar-refractivity contribution is 5.89. The molecule has 1 N–H and O–H groups in total. The number of hydrogen-bond acceptors (Lipinski definition) is 3. The van der Waals surface area contributed by atoms with E-state index in [-0.39, 0.29) is 6.03 Å². The van der Waals surface area contributed by atoms with Gasteiger partial charge in [-0.1, -0.05) is 23.8 Å². The second-order valence-corrected chi connectivity index (χ2v) is 7.56. The monoisotopic (exact) mass is 377 g/mol. The van der Waals surface area contributed by atoms with Gasteiger partial charge in [-0.25, -0.2) is 4.79 Å². The van der Waals surface area contributed by atoms with E-state index in [1.54, 1.807) is 12.4 Å². The molecule has 2 heterocycles. The molecule has 2 aliphatic rings. The van der Waals surface area contributed by atoms with Gasteiger partial charge in [-0.05, 0) is 68.4 Å². The molecule has 4 rings (SSSR count). The van der Waals surface area contributed by atoms with Gasteiger partial charge in [0.1, 0.15) is 5.75 Å². The number of benzene rings is 1. The van der Waals surface area contributed by atoms with Crippen molar-refractivity contribution in [2.24, 2.45) is 0 Å². The van der Waals surface area contributed by atoms with Crippen LogP contribution in [0.4, 0.5) is 10.5 Å². The lowest BCUT2D eigenvalue weighted by Gasteiger charge is -2.28. The second kappa shape index (κ2) is 8.91. The molecule has 0 unspecified atom stereocenters. The van der Waals surface area contributed by atoms with Gasteiger partial charge in [-0.15, -0.1) is 0 Å². The molecule has 1 saturated heterocycles. The van der Waals surface area contributed by atoms with E-state index >= 15 is 0 Å². The summed E-state index contributed by atoms with van der Waals surface area (Å²) in [4.78, 5) is 18.3. The summed E-state index contributed by atoms with van der Waals surface area (Å²) in [7, 11) is 0. The zero-order valence-corrected chi connectivity index (χ0v) is 16.1. The first-order chi connectivity index (χ1) is 13.8. The first-order valence-corrected chi connectivity index (χ1v) is 10.2. The number of carbonyl (C=O) groups excluding carboxylic acids is 1. The number of carbonyl (C=O) groups is 1. The fraction of sp³-hybridized carbons (Fsp3) is 0.391. The van der Waals surface area contributed by atoms with Crippen molar-refractivity contribution < 1.29 is 9.53 Å². The van der Waals surface area contributed by atoms with Crippen LogP contribution in [-0.2, 0) is 0 Å². The van der Waals surface area contributed by atoms with E-state index in [1.165, 1.54) is 36.8 Å². The van der Waals surface area contributed by atoms with E-state index in [0.717, 1.165) is 37.4 Å². The number of nitrogens with one attached hydrogen (secondary N) is 1. The number of pyridine rings is 1. The topological polar surface area (TPSA) is 54.5 Å². The lowest BCUT2D eigenvalue weighted by atomic mass is 10.0. The first kappa shape index (κ1) is 18.5. The molecule has 0 radical (unpaired) electrons. The minimum atomic E-state index is -0.0565. The Labute approximate surface area is 166 Å². The van der Waals surface area contributed by atoms with Crippen molar-refractivity contribution >= 4 is 17.8 Å². The van der Waals surface area contributed by atoms with Crippen LogP contribution in [0.3, 0.4) is 0 Å². The Balaban J connectivity index is 1.32. The van der Waals surface area contributed by atoms with Gasteiger partial charge in [-0.3, -0.25) is 4.98 Å². The van der Waals surface area contributed by atoms with Crippen LogP contribution in [0, 0.1) is 0 Å². The largest absolute Gasteiger partial charge is 0.490 e.